The molecule has 0 bridgehead atoms. The predicted octanol–water partition coefficient (Wildman–Crippen LogP) is 4.97. The SMILES string of the molecule is CS(=O)(=O)NCc1ccc(-c2cccc(NC(=O)C3(c4ccc(Cl)cc4)CC3)c2)cc1.[HH]. The van der Waals surface area contributed by atoms with Crippen LogP contribution < -0.4 is 10.0 Å². The molecule has 2 N–H and O–H groups in total. The van der Waals surface area contributed by atoms with Gasteiger partial charge >= 0.3 is 0 Å². The van der Waals surface area contributed by atoms with Crippen LogP contribution in [-0.4, -0.2) is 20.6 Å². The number of rotatable bonds is 7. The maximum Gasteiger partial charge on any atom is 0.235 e. The van der Waals surface area contributed by atoms with Crippen molar-refractivity contribution in [1.82, 2.24) is 4.72 Å². The fourth-order valence-corrected chi connectivity index (χ4v) is 4.15. The molecule has 0 aliphatic heterocycles. The maximum absolute atomic E-state index is 13.0. The average Bonchev–Trinajstić information content (AvgIpc) is 3.55. The number of carbonyl (C=O) groups is 1. The van der Waals surface area contributed by atoms with Gasteiger partial charge in [-0.15, -0.1) is 0 Å². The van der Waals surface area contributed by atoms with Gasteiger partial charge in [0.15, 0.2) is 0 Å². The Morgan fingerprint density at radius 2 is 1.68 bits per heavy atom. The van der Waals surface area contributed by atoms with E-state index in [4.69, 9.17) is 11.6 Å². The fourth-order valence-electron chi connectivity index (χ4n) is 3.60. The van der Waals surface area contributed by atoms with Gasteiger partial charge in [-0.25, -0.2) is 13.1 Å². The standard InChI is InChI=1S/C24H23ClN2O3S.H2/c1-31(29,30)26-16-17-5-7-18(8-6-17)19-3-2-4-22(15-19)27-23(28)24(13-14-24)20-9-11-21(25)12-10-20;/h2-12,15,26H,13-14,16H2,1H3,(H,27,28);1H. The zero-order valence-corrected chi connectivity index (χ0v) is 18.6. The van der Waals surface area contributed by atoms with E-state index in [1.54, 1.807) is 0 Å². The minimum Gasteiger partial charge on any atom is -0.325 e. The highest BCUT2D eigenvalue weighted by molar-refractivity contribution is 7.88. The number of nitrogens with one attached hydrogen (secondary N) is 2. The number of hydrogen-bond donors (Lipinski definition) is 2. The van der Waals surface area contributed by atoms with Gasteiger partial charge in [-0.05, 0) is 59.4 Å². The Kier molecular flexibility index (Phi) is 5.88. The molecule has 0 atom stereocenters. The number of amides is 1. The Bertz CT molecular complexity index is 1210. The first kappa shape index (κ1) is 21.6. The molecule has 1 amide bonds. The van der Waals surface area contributed by atoms with Crippen molar-refractivity contribution in [3.63, 3.8) is 0 Å². The summed E-state index contributed by atoms with van der Waals surface area (Å²) < 4.78 is 25.0. The molecule has 1 fully saturated rings. The molecule has 0 aromatic heterocycles. The summed E-state index contributed by atoms with van der Waals surface area (Å²) in [6, 6.07) is 22.8. The molecule has 1 saturated carbocycles. The topological polar surface area (TPSA) is 75.3 Å². The van der Waals surface area contributed by atoms with Crippen LogP contribution in [0, 0.1) is 0 Å². The van der Waals surface area contributed by atoms with Crippen molar-refractivity contribution in [2.24, 2.45) is 0 Å². The molecule has 3 aromatic rings. The van der Waals surface area contributed by atoms with Gasteiger partial charge in [-0.3, -0.25) is 4.79 Å². The van der Waals surface area contributed by atoms with Gasteiger partial charge in [0.2, 0.25) is 15.9 Å². The number of carbonyl (C=O) groups excluding carboxylic acids is 1. The summed E-state index contributed by atoms with van der Waals surface area (Å²) in [5.41, 5.74) is 4.08. The normalized spacial score (nSPS) is 14.8. The van der Waals surface area contributed by atoms with Crippen molar-refractivity contribution in [3.05, 3.63) is 88.9 Å². The van der Waals surface area contributed by atoms with Crippen LogP contribution in [0.5, 0.6) is 0 Å². The van der Waals surface area contributed by atoms with Crippen LogP contribution in [0.15, 0.2) is 72.8 Å². The molecule has 0 heterocycles. The molecule has 1 aliphatic rings. The smallest absolute Gasteiger partial charge is 0.235 e. The highest BCUT2D eigenvalue weighted by atomic mass is 35.5. The second-order valence-corrected chi connectivity index (χ2v) is 10.2. The maximum atomic E-state index is 13.0. The number of anilines is 1. The van der Waals surface area contributed by atoms with E-state index in [-0.39, 0.29) is 13.9 Å². The molecule has 4 rings (SSSR count). The Hall–Kier alpha value is -2.67. The Balaban J connectivity index is 0.00000289. The molecule has 7 heteroatoms. The second kappa shape index (κ2) is 8.46. The minimum atomic E-state index is -3.23. The second-order valence-electron chi connectivity index (χ2n) is 7.91. The Morgan fingerprint density at radius 1 is 1.00 bits per heavy atom. The number of halogens is 1. The van der Waals surface area contributed by atoms with Gasteiger partial charge in [-0.1, -0.05) is 60.1 Å². The van der Waals surface area contributed by atoms with Crippen LogP contribution in [0.25, 0.3) is 11.1 Å². The van der Waals surface area contributed by atoms with Crippen LogP contribution in [0.2, 0.25) is 5.02 Å². The average molecular weight is 457 g/mol. The van der Waals surface area contributed by atoms with Gasteiger partial charge < -0.3 is 5.32 Å². The van der Waals surface area contributed by atoms with E-state index >= 15 is 0 Å². The summed E-state index contributed by atoms with van der Waals surface area (Å²) in [6.07, 6.45) is 2.78. The largest absolute Gasteiger partial charge is 0.325 e. The fraction of sp³-hybridized carbons (Fsp3) is 0.208. The van der Waals surface area contributed by atoms with Crippen molar-refractivity contribution >= 4 is 33.2 Å². The quantitative estimate of drug-likeness (QED) is 0.526. The lowest BCUT2D eigenvalue weighted by molar-refractivity contribution is -0.118. The molecule has 0 radical (unpaired) electrons. The van der Waals surface area contributed by atoms with E-state index in [1.807, 2.05) is 72.8 Å². The molecule has 0 saturated heterocycles. The number of benzene rings is 3. The van der Waals surface area contributed by atoms with Gasteiger partial charge in [0.05, 0.1) is 11.7 Å². The van der Waals surface area contributed by atoms with E-state index < -0.39 is 15.4 Å². The van der Waals surface area contributed by atoms with Crippen molar-refractivity contribution in [2.75, 3.05) is 11.6 Å². The minimum absolute atomic E-state index is 0. The van der Waals surface area contributed by atoms with Gasteiger partial charge in [0.1, 0.15) is 0 Å². The van der Waals surface area contributed by atoms with E-state index in [2.05, 4.69) is 10.0 Å². The molecule has 3 aromatic carbocycles. The first-order valence-electron chi connectivity index (χ1n) is 9.97. The van der Waals surface area contributed by atoms with Crippen LogP contribution >= 0.6 is 11.6 Å². The van der Waals surface area contributed by atoms with E-state index in [0.717, 1.165) is 47.0 Å². The van der Waals surface area contributed by atoms with Crippen LogP contribution in [-0.2, 0) is 26.8 Å². The van der Waals surface area contributed by atoms with E-state index in [1.165, 1.54) is 0 Å². The molecular weight excluding hydrogens is 432 g/mol. The highest BCUT2D eigenvalue weighted by Gasteiger charge is 2.51. The van der Waals surface area contributed by atoms with Gasteiger partial charge in [0.25, 0.3) is 0 Å². The third-order valence-corrected chi connectivity index (χ3v) is 6.45. The lowest BCUT2D eigenvalue weighted by Crippen LogP contribution is -2.27. The van der Waals surface area contributed by atoms with Crippen molar-refractivity contribution in [2.45, 2.75) is 24.8 Å². The van der Waals surface area contributed by atoms with Crippen molar-refractivity contribution in [1.29, 1.82) is 0 Å². The molecule has 162 valence electrons. The van der Waals surface area contributed by atoms with E-state index in [9.17, 15) is 13.2 Å². The molecular formula is C24H25ClN2O3S. The highest BCUT2D eigenvalue weighted by Crippen LogP contribution is 2.49. The van der Waals surface area contributed by atoms with E-state index in [0.29, 0.717) is 5.02 Å². The third-order valence-electron chi connectivity index (χ3n) is 5.53. The predicted molar refractivity (Wildman–Crippen MR) is 127 cm³/mol. The lowest BCUT2D eigenvalue weighted by atomic mass is 9.95. The summed E-state index contributed by atoms with van der Waals surface area (Å²) in [5.74, 6) is -0.00540. The van der Waals surface area contributed by atoms with Gasteiger partial charge in [-0.2, -0.15) is 0 Å². The van der Waals surface area contributed by atoms with Crippen molar-refractivity contribution in [3.8, 4) is 11.1 Å². The third kappa shape index (κ3) is 5.15. The monoisotopic (exact) mass is 456 g/mol. The molecule has 0 unspecified atom stereocenters. The van der Waals surface area contributed by atoms with Crippen LogP contribution in [0.3, 0.4) is 0 Å². The number of sulfonamides is 1. The van der Waals surface area contributed by atoms with Crippen LogP contribution in [0.1, 0.15) is 25.4 Å². The summed E-state index contributed by atoms with van der Waals surface area (Å²) >= 11 is 5.98. The lowest BCUT2D eigenvalue weighted by Gasteiger charge is -2.16. The molecule has 31 heavy (non-hydrogen) atoms. The van der Waals surface area contributed by atoms with Crippen LogP contribution in [0.4, 0.5) is 5.69 Å². The first-order chi connectivity index (χ1) is 14.7. The molecule has 0 spiro atoms. The Labute approximate surface area is 189 Å². The summed E-state index contributed by atoms with van der Waals surface area (Å²) in [7, 11) is -3.23. The number of hydrogen-bond acceptors (Lipinski definition) is 3. The van der Waals surface area contributed by atoms with Crippen molar-refractivity contribution < 1.29 is 14.6 Å². The first-order valence-corrected chi connectivity index (χ1v) is 12.2. The summed E-state index contributed by atoms with van der Waals surface area (Å²) in [5, 5.41) is 3.73. The zero-order valence-electron chi connectivity index (χ0n) is 17.1. The summed E-state index contributed by atoms with van der Waals surface area (Å²) in [6.45, 7) is 0.252. The zero-order chi connectivity index (χ0) is 22.1. The molecule has 1 aliphatic carbocycles. The Morgan fingerprint density at radius 3 is 2.29 bits per heavy atom. The summed E-state index contributed by atoms with van der Waals surface area (Å²) in [4.78, 5) is 13.0. The molecule has 5 nitrogen and oxygen atoms in total. The van der Waals surface area contributed by atoms with Gasteiger partial charge in [0, 0.05) is 18.7 Å².